The summed E-state index contributed by atoms with van der Waals surface area (Å²) in [5, 5.41) is 6.77. The molecule has 1 rings (SSSR count). The minimum Gasteiger partial charge on any atom is -0.367 e. The van der Waals surface area contributed by atoms with Gasteiger partial charge in [-0.3, -0.25) is 4.57 Å². The van der Waals surface area contributed by atoms with Crippen LogP contribution in [-0.4, -0.2) is 17.9 Å². The largest absolute Gasteiger partial charge is 0.431 e. The fraction of sp³-hybridized carbons (Fsp3) is 0.500. The Kier molecular flexibility index (Phi) is 5.74. The van der Waals surface area contributed by atoms with E-state index in [4.69, 9.17) is 4.52 Å². The second kappa shape index (κ2) is 6.68. The summed E-state index contributed by atoms with van der Waals surface area (Å²) in [5.74, 6) is 2.50. The minimum absolute atomic E-state index is 0.276. The summed E-state index contributed by atoms with van der Waals surface area (Å²) >= 11 is 0. The molecular weight excluding hydrogens is 328 g/mol. The summed E-state index contributed by atoms with van der Waals surface area (Å²) in [6.07, 6.45) is -5.22. The summed E-state index contributed by atoms with van der Waals surface area (Å²) < 4.78 is 58.8. The van der Waals surface area contributed by atoms with Crippen LogP contribution in [0.25, 0.3) is 0 Å². The number of rotatable bonds is 4. The van der Waals surface area contributed by atoms with Gasteiger partial charge in [0.2, 0.25) is 0 Å². The van der Waals surface area contributed by atoms with Crippen molar-refractivity contribution in [3.8, 4) is 11.6 Å². The maximum absolute atomic E-state index is 13.7. The SMILES string of the molecule is CCO[P@](=O)(C#CC(C)(C)C)[C@](O)(c1ccccc1)C(F)(F)F. The number of hydrogen-bond donors (Lipinski definition) is 1. The highest BCUT2D eigenvalue weighted by atomic mass is 31.2. The van der Waals surface area contributed by atoms with E-state index in [0.29, 0.717) is 0 Å². The zero-order valence-corrected chi connectivity index (χ0v) is 14.3. The second-order valence-electron chi connectivity index (χ2n) is 5.99. The van der Waals surface area contributed by atoms with Crippen LogP contribution in [0.2, 0.25) is 0 Å². The third-order valence-electron chi connectivity index (χ3n) is 2.89. The molecule has 1 N–H and O–H groups in total. The van der Waals surface area contributed by atoms with Gasteiger partial charge in [-0.25, -0.2) is 0 Å². The molecule has 128 valence electrons. The van der Waals surface area contributed by atoms with Gasteiger partial charge in [-0.15, -0.1) is 0 Å². The van der Waals surface area contributed by atoms with Crippen LogP contribution in [0.15, 0.2) is 30.3 Å². The average Bonchev–Trinajstić information content (AvgIpc) is 2.43. The molecule has 0 unspecified atom stereocenters. The number of hydrogen-bond acceptors (Lipinski definition) is 3. The first-order chi connectivity index (χ1) is 10.4. The molecule has 0 bridgehead atoms. The lowest BCUT2D eigenvalue weighted by Gasteiger charge is -2.34. The summed E-state index contributed by atoms with van der Waals surface area (Å²) in [7, 11) is -4.81. The van der Waals surface area contributed by atoms with Gasteiger partial charge in [0.15, 0.2) is 0 Å². The van der Waals surface area contributed by atoms with Crippen molar-refractivity contribution in [1.82, 2.24) is 0 Å². The number of aliphatic hydroxyl groups is 1. The first kappa shape index (κ1) is 19.8. The molecule has 2 atom stereocenters. The monoisotopic (exact) mass is 348 g/mol. The van der Waals surface area contributed by atoms with E-state index in [9.17, 15) is 22.8 Å². The van der Waals surface area contributed by atoms with Crippen LogP contribution in [0.1, 0.15) is 33.3 Å². The quantitative estimate of drug-likeness (QED) is 0.633. The molecule has 0 fully saturated rings. The van der Waals surface area contributed by atoms with Crippen LogP contribution >= 0.6 is 7.37 Å². The predicted octanol–water partition coefficient (Wildman–Crippen LogP) is 4.72. The lowest BCUT2D eigenvalue weighted by molar-refractivity contribution is -0.232. The van der Waals surface area contributed by atoms with Crippen molar-refractivity contribution in [3.05, 3.63) is 35.9 Å². The number of benzene rings is 1. The van der Waals surface area contributed by atoms with E-state index in [1.807, 2.05) is 0 Å². The Morgan fingerprint density at radius 2 is 1.70 bits per heavy atom. The highest BCUT2D eigenvalue weighted by Crippen LogP contribution is 2.68. The van der Waals surface area contributed by atoms with Gasteiger partial charge in [0.05, 0.1) is 6.61 Å². The van der Waals surface area contributed by atoms with Crippen molar-refractivity contribution in [1.29, 1.82) is 0 Å². The van der Waals surface area contributed by atoms with E-state index in [-0.39, 0.29) is 6.61 Å². The fourth-order valence-electron chi connectivity index (χ4n) is 1.80. The Balaban J connectivity index is 3.66. The first-order valence-electron chi connectivity index (χ1n) is 7.01. The van der Waals surface area contributed by atoms with Crippen molar-refractivity contribution < 1.29 is 27.4 Å². The lowest BCUT2D eigenvalue weighted by Crippen LogP contribution is -2.42. The Hall–Kier alpha value is -1.28. The minimum atomic E-state index is -5.22. The molecule has 1 aromatic rings. The van der Waals surface area contributed by atoms with Crippen LogP contribution in [0, 0.1) is 17.0 Å². The molecule has 0 heterocycles. The lowest BCUT2D eigenvalue weighted by atomic mass is 9.99. The molecule has 3 nitrogen and oxygen atoms in total. The van der Waals surface area contributed by atoms with Crippen LogP contribution in [-0.2, 0) is 14.4 Å². The summed E-state index contributed by atoms with van der Waals surface area (Å²) in [4.78, 5) is 0. The van der Waals surface area contributed by atoms with Gasteiger partial charge in [0.1, 0.15) is 0 Å². The van der Waals surface area contributed by atoms with E-state index < -0.39 is 29.9 Å². The van der Waals surface area contributed by atoms with Gasteiger partial charge >= 0.3 is 13.5 Å². The van der Waals surface area contributed by atoms with Gasteiger partial charge in [0.25, 0.3) is 5.34 Å². The second-order valence-corrected chi connectivity index (χ2v) is 8.22. The van der Waals surface area contributed by atoms with E-state index >= 15 is 0 Å². The summed E-state index contributed by atoms with van der Waals surface area (Å²) in [6, 6.07) is 6.24. The highest BCUT2D eigenvalue weighted by molar-refractivity contribution is 7.65. The maximum Gasteiger partial charge on any atom is 0.431 e. The topological polar surface area (TPSA) is 46.5 Å². The number of halogens is 3. The van der Waals surface area contributed by atoms with E-state index in [1.54, 1.807) is 20.8 Å². The van der Waals surface area contributed by atoms with Crippen LogP contribution < -0.4 is 0 Å². The Morgan fingerprint density at radius 3 is 2.09 bits per heavy atom. The smallest absolute Gasteiger partial charge is 0.367 e. The molecular formula is C16H20F3O3P. The molecule has 0 aliphatic rings. The molecule has 0 aromatic heterocycles. The van der Waals surface area contributed by atoms with Crippen molar-refractivity contribution in [2.75, 3.05) is 6.61 Å². The van der Waals surface area contributed by atoms with Gasteiger partial charge in [-0.05, 0) is 33.4 Å². The van der Waals surface area contributed by atoms with Crippen LogP contribution in [0.3, 0.4) is 0 Å². The molecule has 0 radical (unpaired) electrons. The predicted molar refractivity (Wildman–Crippen MR) is 82.9 cm³/mol. The number of alkyl halides is 3. The normalized spacial score (nSPS) is 17.6. The Bertz CT molecular complexity index is 639. The van der Waals surface area contributed by atoms with Crippen LogP contribution in [0.4, 0.5) is 13.2 Å². The third-order valence-corrected chi connectivity index (χ3v) is 5.28. The van der Waals surface area contributed by atoms with E-state index in [2.05, 4.69) is 11.6 Å². The van der Waals surface area contributed by atoms with Gasteiger partial charge in [0, 0.05) is 11.0 Å². The summed E-state index contributed by atoms with van der Waals surface area (Å²) in [5.41, 5.74) is 0.835. The van der Waals surface area contributed by atoms with Gasteiger partial charge < -0.3 is 9.63 Å². The third kappa shape index (κ3) is 4.17. The average molecular weight is 348 g/mol. The fourth-order valence-corrected chi connectivity index (χ4v) is 3.88. The highest BCUT2D eigenvalue weighted by Gasteiger charge is 2.67. The molecule has 0 saturated carbocycles. The summed E-state index contributed by atoms with van der Waals surface area (Å²) in [6.45, 7) is 6.09. The first-order valence-corrected chi connectivity index (χ1v) is 8.63. The molecule has 0 aliphatic heterocycles. The van der Waals surface area contributed by atoms with E-state index in [0.717, 1.165) is 12.1 Å². The van der Waals surface area contributed by atoms with Crippen molar-refractivity contribution in [3.63, 3.8) is 0 Å². The zero-order chi connectivity index (χ0) is 17.9. The van der Waals surface area contributed by atoms with Crippen LogP contribution in [0.5, 0.6) is 0 Å². The van der Waals surface area contributed by atoms with Gasteiger partial charge in [-0.2, -0.15) is 13.2 Å². The van der Waals surface area contributed by atoms with E-state index in [1.165, 1.54) is 25.1 Å². The maximum atomic E-state index is 13.7. The Morgan fingerprint density at radius 1 is 1.17 bits per heavy atom. The van der Waals surface area contributed by atoms with Crippen molar-refractivity contribution >= 4 is 7.37 Å². The van der Waals surface area contributed by atoms with Gasteiger partial charge in [-0.1, -0.05) is 36.3 Å². The molecule has 0 aliphatic carbocycles. The molecule has 0 spiro atoms. The molecule has 0 amide bonds. The van der Waals surface area contributed by atoms with Crippen molar-refractivity contribution in [2.45, 2.75) is 39.2 Å². The molecule has 0 saturated heterocycles. The standard InChI is InChI=1S/C16H20F3O3P/c1-5-22-23(21,12-11-14(2,3)4)15(20,16(17,18)19)13-9-7-6-8-10-13/h6-10,20H,5H2,1-4H3/t15-,23-/m1/s1. The molecule has 1 aromatic carbocycles. The molecule has 7 heteroatoms. The van der Waals surface area contributed by atoms with Crippen molar-refractivity contribution in [2.24, 2.45) is 5.41 Å². The Labute approximate surface area is 134 Å². The zero-order valence-electron chi connectivity index (χ0n) is 13.4. The molecule has 23 heavy (non-hydrogen) atoms.